The zero-order valence-electron chi connectivity index (χ0n) is 13.4. The van der Waals surface area contributed by atoms with Crippen molar-refractivity contribution in [3.05, 3.63) is 71.1 Å². The van der Waals surface area contributed by atoms with Crippen molar-refractivity contribution in [3.8, 4) is 11.3 Å². The Balaban J connectivity index is 1.86. The minimum absolute atomic E-state index is 0.522. The van der Waals surface area contributed by atoms with Gasteiger partial charge >= 0.3 is 0 Å². The van der Waals surface area contributed by atoms with Crippen LogP contribution in [-0.4, -0.2) is 14.7 Å². The van der Waals surface area contributed by atoms with Crippen molar-refractivity contribution in [1.82, 2.24) is 14.7 Å². The molecule has 0 fully saturated rings. The highest BCUT2D eigenvalue weighted by Gasteiger charge is 2.21. The largest absolute Gasteiger partial charge is 0.618 e. The molecule has 0 N–H and O–H groups in total. The average Bonchev–Trinajstić information content (AvgIpc) is 3.11. The minimum Gasteiger partial charge on any atom is -0.618 e. The minimum atomic E-state index is 0.522. The Morgan fingerprint density at radius 3 is 2.71 bits per heavy atom. The van der Waals surface area contributed by atoms with Gasteiger partial charge in [0.15, 0.2) is 5.52 Å². The lowest BCUT2D eigenvalue weighted by Gasteiger charge is -2.07. The third-order valence-corrected chi connectivity index (χ3v) is 4.14. The maximum atomic E-state index is 12.4. The quantitative estimate of drug-likeness (QED) is 0.430. The van der Waals surface area contributed by atoms with Crippen LogP contribution in [0.25, 0.3) is 22.3 Å². The maximum absolute atomic E-state index is 12.4. The fourth-order valence-electron chi connectivity index (χ4n) is 2.97. The molecule has 6 nitrogen and oxygen atoms in total. The first-order valence-electron chi connectivity index (χ1n) is 7.68. The number of pyridine rings is 1. The molecule has 1 aromatic carbocycles. The Kier molecular flexibility index (Phi) is 3.30. The standard InChI is InChI=1S/C18H16N4O2/c1-12-18(13(2)24-20-12)17-8-16-15(10-22(17)23)19-11-21(16)9-14-6-4-3-5-7-14/h3-8,10-11H,9H2,1-2H3. The summed E-state index contributed by atoms with van der Waals surface area (Å²) >= 11 is 0. The summed E-state index contributed by atoms with van der Waals surface area (Å²) < 4.78 is 8.06. The average molecular weight is 320 g/mol. The van der Waals surface area contributed by atoms with Crippen LogP contribution in [0.5, 0.6) is 0 Å². The smallest absolute Gasteiger partial charge is 0.231 e. The molecule has 0 amide bonds. The van der Waals surface area contributed by atoms with Crippen LogP contribution in [0.15, 0.2) is 53.4 Å². The van der Waals surface area contributed by atoms with Gasteiger partial charge in [-0.05, 0) is 19.4 Å². The van der Waals surface area contributed by atoms with Gasteiger partial charge in [-0.2, -0.15) is 4.73 Å². The number of aromatic nitrogens is 4. The Hall–Kier alpha value is -3.15. The lowest BCUT2D eigenvalue weighted by atomic mass is 10.1. The topological polar surface area (TPSA) is 70.8 Å². The van der Waals surface area contributed by atoms with E-state index in [2.05, 4.69) is 22.3 Å². The highest BCUT2D eigenvalue weighted by atomic mass is 16.5. The van der Waals surface area contributed by atoms with Crippen molar-refractivity contribution in [2.24, 2.45) is 0 Å². The Morgan fingerprint density at radius 2 is 2.00 bits per heavy atom. The summed E-state index contributed by atoms with van der Waals surface area (Å²) in [5.74, 6) is 0.630. The first-order valence-corrected chi connectivity index (χ1v) is 7.68. The van der Waals surface area contributed by atoms with Crippen LogP contribution in [0.3, 0.4) is 0 Å². The van der Waals surface area contributed by atoms with Crippen LogP contribution in [0.2, 0.25) is 0 Å². The van der Waals surface area contributed by atoms with Crippen LogP contribution >= 0.6 is 0 Å². The summed E-state index contributed by atoms with van der Waals surface area (Å²) in [6.07, 6.45) is 3.26. The van der Waals surface area contributed by atoms with E-state index in [9.17, 15) is 5.21 Å². The highest BCUT2D eigenvalue weighted by Crippen LogP contribution is 2.26. The van der Waals surface area contributed by atoms with Gasteiger partial charge in [0.2, 0.25) is 11.9 Å². The molecular formula is C18H16N4O2. The van der Waals surface area contributed by atoms with Gasteiger partial charge in [-0.15, -0.1) is 0 Å². The molecule has 0 unspecified atom stereocenters. The summed E-state index contributed by atoms with van der Waals surface area (Å²) in [7, 11) is 0. The molecule has 120 valence electrons. The van der Waals surface area contributed by atoms with E-state index in [0.717, 1.165) is 15.8 Å². The van der Waals surface area contributed by atoms with E-state index in [1.54, 1.807) is 13.3 Å². The van der Waals surface area contributed by atoms with Gasteiger partial charge in [0.25, 0.3) is 0 Å². The van der Waals surface area contributed by atoms with E-state index in [-0.39, 0.29) is 0 Å². The Morgan fingerprint density at radius 1 is 1.21 bits per heavy atom. The zero-order valence-corrected chi connectivity index (χ0v) is 13.4. The first kappa shape index (κ1) is 14.4. The highest BCUT2D eigenvalue weighted by molar-refractivity contribution is 5.78. The number of fused-ring (bicyclic) bond motifs is 1. The summed E-state index contributed by atoms with van der Waals surface area (Å²) in [5, 5.41) is 16.3. The van der Waals surface area contributed by atoms with Crippen molar-refractivity contribution in [1.29, 1.82) is 0 Å². The molecule has 3 heterocycles. The van der Waals surface area contributed by atoms with Crippen LogP contribution in [0.4, 0.5) is 0 Å². The molecule has 0 saturated heterocycles. The van der Waals surface area contributed by atoms with Gasteiger partial charge < -0.3 is 14.3 Å². The molecular weight excluding hydrogens is 304 g/mol. The molecule has 24 heavy (non-hydrogen) atoms. The first-order chi connectivity index (χ1) is 11.6. The molecule has 0 aliphatic heterocycles. The third kappa shape index (κ3) is 2.32. The summed E-state index contributed by atoms with van der Waals surface area (Å²) in [6, 6.07) is 12.0. The van der Waals surface area contributed by atoms with Crippen molar-refractivity contribution < 1.29 is 9.25 Å². The number of benzene rings is 1. The molecule has 6 heteroatoms. The number of aryl methyl sites for hydroxylation is 2. The number of imidazole rings is 1. The van der Waals surface area contributed by atoms with Gasteiger partial charge in [-0.25, -0.2) is 4.98 Å². The second-order valence-corrected chi connectivity index (χ2v) is 5.81. The van der Waals surface area contributed by atoms with Gasteiger partial charge in [-0.3, -0.25) is 0 Å². The van der Waals surface area contributed by atoms with Crippen molar-refractivity contribution >= 4 is 11.0 Å². The van der Waals surface area contributed by atoms with E-state index < -0.39 is 0 Å². The van der Waals surface area contributed by atoms with Crippen molar-refractivity contribution in [3.63, 3.8) is 0 Å². The number of nitrogens with zero attached hydrogens (tertiary/aromatic N) is 4. The van der Waals surface area contributed by atoms with Gasteiger partial charge in [-0.1, -0.05) is 35.5 Å². The van der Waals surface area contributed by atoms with Crippen LogP contribution in [0, 0.1) is 19.1 Å². The third-order valence-electron chi connectivity index (χ3n) is 4.14. The van der Waals surface area contributed by atoms with Gasteiger partial charge in [0.05, 0.1) is 17.5 Å². The summed E-state index contributed by atoms with van der Waals surface area (Å²) in [5.41, 5.74) is 4.70. The SMILES string of the molecule is Cc1noc(C)c1-c1cc2c(c[n+]1[O-])ncn2Cc1ccccc1. The molecule has 0 aliphatic carbocycles. The molecule has 4 aromatic rings. The van der Waals surface area contributed by atoms with Crippen LogP contribution in [-0.2, 0) is 6.54 Å². The second kappa shape index (κ2) is 5.49. The van der Waals surface area contributed by atoms with Crippen molar-refractivity contribution in [2.75, 3.05) is 0 Å². The molecule has 0 atom stereocenters. The number of rotatable bonds is 3. The molecule has 0 spiro atoms. The summed E-state index contributed by atoms with van der Waals surface area (Å²) in [6.45, 7) is 4.33. The van der Waals surface area contributed by atoms with E-state index in [1.165, 1.54) is 11.8 Å². The number of hydrogen-bond acceptors (Lipinski definition) is 4. The van der Waals surface area contributed by atoms with E-state index in [0.29, 0.717) is 29.2 Å². The fraction of sp³-hybridized carbons (Fsp3) is 0.167. The maximum Gasteiger partial charge on any atom is 0.231 e. The van der Waals surface area contributed by atoms with E-state index in [4.69, 9.17) is 4.52 Å². The molecule has 4 rings (SSSR count). The molecule has 3 aromatic heterocycles. The van der Waals surface area contributed by atoms with Gasteiger partial charge in [0.1, 0.15) is 11.3 Å². The van der Waals surface area contributed by atoms with Crippen molar-refractivity contribution in [2.45, 2.75) is 20.4 Å². The molecule has 0 bridgehead atoms. The fourth-order valence-corrected chi connectivity index (χ4v) is 2.97. The van der Waals surface area contributed by atoms with Crippen LogP contribution in [0.1, 0.15) is 17.0 Å². The molecule has 0 radical (unpaired) electrons. The molecule has 0 aliphatic rings. The second-order valence-electron chi connectivity index (χ2n) is 5.81. The predicted molar refractivity (Wildman–Crippen MR) is 89.2 cm³/mol. The predicted octanol–water partition coefficient (Wildman–Crippen LogP) is 2.99. The van der Waals surface area contributed by atoms with Crippen LogP contribution < -0.4 is 4.73 Å². The van der Waals surface area contributed by atoms with E-state index in [1.807, 2.05) is 35.8 Å². The van der Waals surface area contributed by atoms with E-state index >= 15 is 0 Å². The van der Waals surface area contributed by atoms with Gasteiger partial charge in [0, 0.05) is 12.6 Å². The lowest BCUT2D eigenvalue weighted by molar-refractivity contribution is -0.592. The Labute approximate surface area is 138 Å². The monoisotopic (exact) mass is 320 g/mol. The number of hydrogen-bond donors (Lipinski definition) is 0. The Bertz CT molecular complexity index is 999. The molecule has 0 saturated carbocycles. The lowest BCUT2D eigenvalue weighted by Crippen LogP contribution is -2.29. The summed E-state index contributed by atoms with van der Waals surface area (Å²) in [4.78, 5) is 4.35. The zero-order chi connectivity index (χ0) is 16.7. The normalized spacial score (nSPS) is 11.2.